The lowest BCUT2D eigenvalue weighted by Crippen LogP contribution is -2.47. The third kappa shape index (κ3) is 3.48. The van der Waals surface area contributed by atoms with Gasteiger partial charge in [-0.05, 0) is 80.7 Å². The van der Waals surface area contributed by atoms with Gasteiger partial charge in [-0.25, -0.2) is 0 Å². The molecule has 0 aliphatic heterocycles. The van der Waals surface area contributed by atoms with Gasteiger partial charge < -0.3 is 4.74 Å². The van der Waals surface area contributed by atoms with Crippen LogP contribution in [-0.2, 0) is 9.53 Å². The van der Waals surface area contributed by atoms with E-state index in [1.807, 2.05) is 37.5 Å². The van der Waals surface area contributed by atoms with E-state index < -0.39 is 0 Å². The highest BCUT2D eigenvalue weighted by molar-refractivity contribution is 5.78. The van der Waals surface area contributed by atoms with Crippen molar-refractivity contribution in [2.24, 2.45) is 22.7 Å². The second-order valence-electron chi connectivity index (χ2n) is 11.0. The van der Waals surface area contributed by atoms with Crippen LogP contribution in [0.2, 0.25) is 0 Å². The molecule has 1 unspecified atom stereocenters. The molecule has 0 spiro atoms. The van der Waals surface area contributed by atoms with Crippen LogP contribution in [0.15, 0.2) is 53.9 Å². The number of carbonyl (C=O) groups is 1. The molecule has 0 aromatic carbocycles. The average Bonchev–Trinajstić information content (AvgIpc) is 3.11. The first-order valence-electron chi connectivity index (χ1n) is 12.2. The van der Waals surface area contributed by atoms with Crippen LogP contribution >= 0.6 is 0 Å². The summed E-state index contributed by atoms with van der Waals surface area (Å²) in [7, 11) is 3.82. The van der Waals surface area contributed by atoms with Gasteiger partial charge in [-0.15, -0.1) is 0 Å². The highest BCUT2D eigenvalue weighted by Crippen LogP contribution is 2.64. The van der Waals surface area contributed by atoms with Crippen LogP contribution in [0.1, 0.15) is 57.9 Å². The topological polar surface area (TPSA) is 42.4 Å². The molecule has 1 aromatic heterocycles. The van der Waals surface area contributed by atoms with Gasteiger partial charge in [0.2, 0.25) is 0 Å². The summed E-state index contributed by atoms with van der Waals surface area (Å²) in [5.74, 6) is 1.19. The van der Waals surface area contributed by atoms with Crippen molar-refractivity contribution < 1.29 is 9.53 Å². The Morgan fingerprint density at radius 1 is 1.22 bits per heavy atom. The van der Waals surface area contributed by atoms with Crippen molar-refractivity contribution >= 4 is 11.5 Å². The van der Waals surface area contributed by atoms with Gasteiger partial charge >= 0.3 is 5.97 Å². The second kappa shape index (κ2) is 7.98. The van der Waals surface area contributed by atoms with E-state index in [0.29, 0.717) is 18.4 Å². The Morgan fingerprint density at radius 3 is 2.81 bits per heavy atom. The van der Waals surface area contributed by atoms with E-state index in [4.69, 9.17) is 4.74 Å². The van der Waals surface area contributed by atoms with Gasteiger partial charge in [0, 0.05) is 24.2 Å². The molecule has 1 heterocycles. The number of pyridine rings is 1. The van der Waals surface area contributed by atoms with Crippen LogP contribution in [0.25, 0.3) is 5.57 Å². The van der Waals surface area contributed by atoms with E-state index in [1.54, 1.807) is 5.57 Å². The van der Waals surface area contributed by atoms with E-state index in [9.17, 15) is 4.79 Å². The summed E-state index contributed by atoms with van der Waals surface area (Å²) in [5, 5.41) is 0. The van der Waals surface area contributed by atoms with Crippen molar-refractivity contribution in [2.75, 3.05) is 20.6 Å². The van der Waals surface area contributed by atoms with Crippen molar-refractivity contribution in [3.05, 3.63) is 59.5 Å². The predicted molar refractivity (Wildman–Crippen MR) is 128 cm³/mol. The lowest BCUT2D eigenvalue weighted by Gasteiger charge is -2.56. The predicted octanol–water partition coefficient (Wildman–Crippen LogP) is 5.43. The fourth-order valence-electron chi connectivity index (χ4n) is 7.15. The Balaban J connectivity index is 1.34. The molecule has 170 valence electrons. The standard InChI is InChI=1S/C28H36N2O2/c1-27-13-11-21(32-26(31)18-30(3)4)16-20(27)7-8-22-24-10-9-23(19-6-5-15-29-17-19)28(24,2)14-12-25(22)27/h5-7,9-10,15,17,21-22,25H,8,11-14,16,18H2,1-4H3/t21-,22-,25-,27?,28+/m0/s1. The molecule has 2 saturated carbocycles. The quantitative estimate of drug-likeness (QED) is 0.470. The van der Waals surface area contributed by atoms with Gasteiger partial charge in [0.25, 0.3) is 0 Å². The molecule has 4 heteroatoms. The minimum Gasteiger partial charge on any atom is -0.461 e. The average molecular weight is 433 g/mol. The van der Waals surface area contributed by atoms with Crippen LogP contribution in [0.5, 0.6) is 0 Å². The molecule has 4 aliphatic carbocycles. The van der Waals surface area contributed by atoms with E-state index in [0.717, 1.165) is 25.7 Å². The number of esters is 1. The van der Waals surface area contributed by atoms with Gasteiger partial charge in [0.1, 0.15) is 6.10 Å². The summed E-state index contributed by atoms with van der Waals surface area (Å²) in [6.07, 6.45) is 17.8. The van der Waals surface area contributed by atoms with Crippen LogP contribution in [0, 0.1) is 22.7 Å². The van der Waals surface area contributed by atoms with Crippen LogP contribution in [0.4, 0.5) is 0 Å². The Morgan fingerprint density at radius 2 is 2.06 bits per heavy atom. The summed E-state index contributed by atoms with van der Waals surface area (Å²) >= 11 is 0. The molecule has 0 saturated heterocycles. The summed E-state index contributed by atoms with van der Waals surface area (Å²) in [5.41, 5.74) is 6.23. The maximum absolute atomic E-state index is 12.2. The maximum atomic E-state index is 12.2. The number of likely N-dealkylation sites (N-methyl/N-ethyl adjacent to an activating group) is 1. The highest BCUT2D eigenvalue weighted by atomic mass is 16.5. The summed E-state index contributed by atoms with van der Waals surface area (Å²) in [4.78, 5) is 18.4. The number of carbonyl (C=O) groups excluding carboxylic acids is 1. The monoisotopic (exact) mass is 432 g/mol. The zero-order chi connectivity index (χ0) is 22.5. The lowest BCUT2D eigenvalue weighted by atomic mass is 9.49. The first-order chi connectivity index (χ1) is 15.3. The lowest BCUT2D eigenvalue weighted by molar-refractivity contribution is -0.151. The number of rotatable bonds is 4. The van der Waals surface area contributed by atoms with E-state index in [1.165, 1.54) is 29.6 Å². The number of ether oxygens (including phenoxy) is 1. The number of aromatic nitrogens is 1. The fraction of sp³-hybridized carbons (Fsp3) is 0.571. The Labute approximate surface area is 192 Å². The molecule has 0 amide bonds. The molecule has 0 radical (unpaired) electrons. The summed E-state index contributed by atoms with van der Waals surface area (Å²) in [6.45, 7) is 5.29. The number of nitrogens with zero attached hydrogens (tertiary/aromatic N) is 2. The highest BCUT2D eigenvalue weighted by Gasteiger charge is 2.54. The van der Waals surface area contributed by atoms with Gasteiger partial charge in [0.15, 0.2) is 0 Å². The van der Waals surface area contributed by atoms with E-state index in [2.05, 4.69) is 43.1 Å². The first-order valence-corrected chi connectivity index (χ1v) is 12.2. The molecular formula is C28H36N2O2. The Hall–Kier alpha value is -2.20. The third-order valence-electron chi connectivity index (χ3n) is 8.82. The van der Waals surface area contributed by atoms with Gasteiger partial charge in [-0.2, -0.15) is 0 Å². The number of hydrogen-bond acceptors (Lipinski definition) is 4. The second-order valence-corrected chi connectivity index (χ2v) is 11.0. The minimum atomic E-state index is -0.101. The smallest absolute Gasteiger partial charge is 0.320 e. The zero-order valence-corrected chi connectivity index (χ0v) is 19.9. The van der Waals surface area contributed by atoms with Crippen molar-refractivity contribution in [3.63, 3.8) is 0 Å². The molecule has 32 heavy (non-hydrogen) atoms. The number of fused-ring (bicyclic) bond motifs is 5. The number of hydrogen-bond donors (Lipinski definition) is 0. The molecular weight excluding hydrogens is 396 g/mol. The van der Waals surface area contributed by atoms with Crippen LogP contribution in [0.3, 0.4) is 0 Å². The van der Waals surface area contributed by atoms with Crippen LogP contribution < -0.4 is 0 Å². The van der Waals surface area contributed by atoms with Crippen molar-refractivity contribution in [1.29, 1.82) is 0 Å². The third-order valence-corrected chi connectivity index (χ3v) is 8.82. The molecule has 0 N–H and O–H groups in total. The molecule has 2 fully saturated rings. The van der Waals surface area contributed by atoms with Crippen molar-refractivity contribution in [3.8, 4) is 0 Å². The molecule has 5 atom stereocenters. The summed E-state index contributed by atoms with van der Waals surface area (Å²) in [6, 6.07) is 4.25. The SMILES string of the molecule is CN(C)CC(=O)O[C@H]1CCC2(C)C(=CC[C@H]3C4=CC=C(c5cccnc5)[C@@]4(C)CC[C@@H]32)C1. The Kier molecular flexibility index (Phi) is 5.40. The minimum absolute atomic E-state index is 0.0386. The number of allylic oxidation sites excluding steroid dienone is 5. The normalized spacial score (nSPS) is 35.8. The van der Waals surface area contributed by atoms with Crippen molar-refractivity contribution in [1.82, 2.24) is 9.88 Å². The van der Waals surface area contributed by atoms with E-state index in [-0.39, 0.29) is 22.9 Å². The van der Waals surface area contributed by atoms with Gasteiger partial charge in [-0.3, -0.25) is 14.7 Å². The molecule has 0 bridgehead atoms. The molecule has 1 aromatic rings. The van der Waals surface area contributed by atoms with Crippen molar-refractivity contribution in [2.45, 2.75) is 58.5 Å². The Bertz CT molecular complexity index is 992. The first kappa shape index (κ1) is 21.6. The largest absolute Gasteiger partial charge is 0.461 e. The van der Waals surface area contributed by atoms with E-state index >= 15 is 0 Å². The van der Waals surface area contributed by atoms with Gasteiger partial charge in [-0.1, -0.05) is 49.3 Å². The van der Waals surface area contributed by atoms with Gasteiger partial charge in [0.05, 0.1) is 6.54 Å². The fourth-order valence-corrected chi connectivity index (χ4v) is 7.15. The van der Waals surface area contributed by atoms with Crippen LogP contribution in [-0.4, -0.2) is 42.6 Å². The molecule has 5 rings (SSSR count). The zero-order valence-electron chi connectivity index (χ0n) is 19.9. The molecule has 4 nitrogen and oxygen atoms in total. The molecule has 4 aliphatic rings. The summed E-state index contributed by atoms with van der Waals surface area (Å²) < 4.78 is 5.83. The maximum Gasteiger partial charge on any atom is 0.320 e.